The molecule has 13 heteroatoms. The number of imidazole rings is 1. The number of aliphatic hydroxyl groups excluding tert-OH is 1. The molecular formula is C24H32N5O7P. The summed E-state index contributed by atoms with van der Waals surface area (Å²) in [6.45, 7) is 5.02. The summed E-state index contributed by atoms with van der Waals surface area (Å²) >= 11 is 0. The number of benzene rings is 1. The predicted octanol–water partition coefficient (Wildman–Crippen LogP) is 3.28. The first-order valence-electron chi connectivity index (χ1n) is 12.3. The van der Waals surface area contributed by atoms with Crippen LogP contribution in [0.2, 0.25) is 0 Å². The van der Waals surface area contributed by atoms with Gasteiger partial charge < -0.3 is 20.7 Å². The molecule has 2 saturated heterocycles. The Hall–Kier alpha value is -2.44. The molecule has 0 aliphatic carbocycles. The van der Waals surface area contributed by atoms with E-state index in [1.807, 2.05) is 44.2 Å². The SMILES string of the molecule is CCC1(CC)CC(c2ccccc2)OP(=O)(OC[C@H]2O[C@@H](n3cnc4c(N)ncnc43)[C@](C)(O)[C@@H]2O)O1. The highest BCUT2D eigenvalue weighted by Crippen LogP contribution is 2.63. The van der Waals surface area contributed by atoms with Crippen LogP contribution in [0.1, 0.15) is 57.9 Å². The van der Waals surface area contributed by atoms with Gasteiger partial charge in [0.15, 0.2) is 17.7 Å². The zero-order chi connectivity index (χ0) is 26.4. The van der Waals surface area contributed by atoms with Crippen molar-refractivity contribution in [1.29, 1.82) is 0 Å². The average Bonchev–Trinajstić information content (AvgIpc) is 3.42. The van der Waals surface area contributed by atoms with E-state index in [1.54, 1.807) is 0 Å². The third-order valence-electron chi connectivity index (χ3n) is 7.37. The highest BCUT2D eigenvalue weighted by Gasteiger charge is 2.55. The first kappa shape index (κ1) is 26.2. The molecule has 1 aromatic carbocycles. The van der Waals surface area contributed by atoms with Gasteiger partial charge >= 0.3 is 7.82 Å². The molecule has 5 rings (SSSR count). The summed E-state index contributed by atoms with van der Waals surface area (Å²) in [5.74, 6) is 0.176. The van der Waals surface area contributed by atoms with Gasteiger partial charge in [0, 0.05) is 6.42 Å². The molecule has 200 valence electrons. The number of phosphoric ester groups is 1. The van der Waals surface area contributed by atoms with Crippen LogP contribution < -0.4 is 5.73 Å². The maximum Gasteiger partial charge on any atom is 0.476 e. The number of rotatable bonds is 7. The molecule has 2 unspecified atom stereocenters. The second-order valence-electron chi connectivity index (χ2n) is 9.71. The van der Waals surface area contributed by atoms with E-state index in [1.165, 1.54) is 24.1 Å². The van der Waals surface area contributed by atoms with Gasteiger partial charge in [0.1, 0.15) is 29.7 Å². The molecule has 2 fully saturated rings. The van der Waals surface area contributed by atoms with Crippen molar-refractivity contribution in [2.75, 3.05) is 12.3 Å². The lowest BCUT2D eigenvalue weighted by atomic mass is 9.88. The molecule has 0 spiro atoms. The summed E-state index contributed by atoms with van der Waals surface area (Å²) < 4.78 is 38.9. The van der Waals surface area contributed by atoms with Gasteiger partial charge in [-0.25, -0.2) is 19.5 Å². The highest BCUT2D eigenvalue weighted by atomic mass is 31.2. The first-order chi connectivity index (χ1) is 17.6. The number of ether oxygens (including phenoxy) is 1. The van der Waals surface area contributed by atoms with Crippen molar-refractivity contribution in [3.05, 3.63) is 48.5 Å². The first-order valence-corrected chi connectivity index (χ1v) is 13.7. The van der Waals surface area contributed by atoms with Gasteiger partial charge in [-0.05, 0) is 25.3 Å². The minimum absolute atomic E-state index is 0.176. The van der Waals surface area contributed by atoms with E-state index in [9.17, 15) is 14.8 Å². The minimum Gasteiger partial charge on any atom is -0.387 e. The average molecular weight is 534 g/mol. The minimum atomic E-state index is -4.06. The molecule has 3 aromatic rings. The molecule has 37 heavy (non-hydrogen) atoms. The zero-order valence-electron chi connectivity index (χ0n) is 20.9. The number of phosphoric acid groups is 1. The Morgan fingerprint density at radius 1 is 1.22 bits per heavy atom. The molecule has 0 amide bonds. The Kier molecular flexibility index (Phi) is 6.86. The van der Waals surface area contributed by atoms with Gasteiger partial charge in [0.25, 0.3) is 0 Å². The van der Waals surface area contributed by atoms with Crippen molar-refractivity contribution in [3.63, 3.8) is 0 Å². The fourth-order valence-electron chi connectivity index (χ4n) is 4.98. The van der Waals surface area contributed by atoms with E-state index in [2.05, 4.69) is 15.0 Å². The van der Waals surface area contributed by atoms with Crippen LogP contribution in [0.5, 0.6) is 0 Å². The van der Waals surface area contributed by atoms with E-state index in [-0.39, 0.29) is 12.4 Å². The summed E-state index contributed by atoms with van der Waals surface area (Å²) in [6.07, 6.45) is 0.416. The molecule has 4 heterocycles. The van der Waals surface area contributed by atoms with Crippen molar-refractivity contribution in [1.82, 2.24) is 19.5 Å². The predicted molar refractivity (Wildman–Crippen MR) is 133 cm³/mol. The second-order valence-corrected chi connectivity index (χ2v) is 11.3. The van der Waals surface area contributed by atoms with E-state index in [4.69, 9.17) is 24.0 Å². The molecule has 4 N–H and O–H groups in total. The Bertz CT molecular complexity index is 1300. The standard InChI is InChI=1S/C24H32N5O7P/c1-4-24(5-2)11-16(15-9-7-6-8-10-15)35-37(32,36-24)33-12-17-19(30)23(3,31)22(34-17)29-14-28-18-20(25)26-13-27-21(18)29/h6-10,13-14,16-17,19,22,30-31H,4-5,11-12H2,1-3H3,(H2,25,26,27)/t16?,17-,19-,22-,23-,37?/m1/s1. The van der Waals surface area contributed by atoms with Gasteiger partial charge in [-0.15, -0.1) is 0 Å². The van der Waals surface area contributed by atoms with Crippen LogP contribution in [0.25, 0.3) is 11.2 Å². The molecule has 0 saturated carbocycles. The Labute approximate surface area is 214 Å². The lowest BCUT2D eigenvalue weighted by Crippen LogP contribution is -2.44. The van der Waals surface area contributed by atoms with Crippen LogP contribution in [0.15, 0.2) is 43.0 Å². The number of nitrogen functional groups attached to an aromatic ring is 1. The molecule has 2 aliphatic rings. The number of aromatic nitrogens is 4. The van der Waals surface area contributed by atoms with Gasteiger partial charge in [0.2, 0.25) is 0 Å². The third kappa shape index (κ3) is 4.67. The zero-order valence-corrected chi connectivity index (χ0v) is 21.8. The number of hydrogen-bond acceptors (Lipinski definition) is 11. The van der Waals surface area contributed by atoms with Gasteiger partial charge in [0.05, 0.1) is 24.6 Å². The van der Waals surface area contributed by atoms with Crippen molar-refractivity contribution >= 4 is 24.8 Å². The van der Waals surface area contributed by atoms with Crippen molar-refractivity contribution < 1.29 is 33.1 Å². The Morgan fingerprint density at radius 3 is 2.65 bits per heavy atom. The normalized spacial score (nSPS) is 33.6. The largest absolute Gasteiger partial charge is 0.476 e. The molecule has 6 atom stereocenters. The monoisotopic (exact) mass is 533 g/mol. The van der Waals surface area contributed by atoms with Crippen molar-refractivity contribution in [3.8, 4) is 0 Å². The van der Waals surface area contributed by atoms with Crippen LogP contribution in [0, 0.1) is 0 Å². The summed E-state index contributed by atoms with van der Waals surface area (Å²) in [6, 6.07) is 9.50. The maximum atomic E-state index is 13.8. The molecule has 0 radical (unpaired) electrons. The Morgan fingerprint density at radius 2 is 1.95 bits per heavy atom. The van der Waals surface area contributed by atoms with Gasteiger partial charge in [-0.1, -0.05) is 44.2 Å². The second kappa shape index (κ2) is 9.70. The number of hydrogen-bond donors (Lipinski definition) is 3. The van der Waals surface area contributed by atoms with E-state index >= 15 is 0 Å². The van der Waals surface area contributed by atoms with Crippen LogP contribution in [-0.4, -0.2) is 59.7 Å². The van der Waals surface area contributed by atoms with Crippen LogP contribution >= 0.6 is 7.82 Å². The van der Waals surface area contributed by atoms with Crippen LogP contribution in [0.3, 0.4) is 0 Å². The quantitative estimate of drug-likeness (QED) is 0.382. The number of nitrogens with two attached hydrogens (primary N) is 1. The van der Waals surface area contributed by atoms with Crippen molar-refractivity contribution in [2.24, 2.45) is 0 Å². The molecule has 12 nitrogen and oxygen atoms in total. The molecule has 2 aliphatic heterocycles. The Balaban J connectivity index is 1.37. The molecule has 0 bridgehead atoms. The topological polar surface area (TPSA) is 164 Å². The number of fused-ring (bicyclic) bond motifs is 1. The summed E-state index contributed by atoms with van der Waals surface area (Å²) in [5.41, 5.74) is 4.96. The molecular weight excluding hydrogens is 501 g/mol. The van der Waals surface area contributed by atoms with E-state index in [0.29, 0.717) is 30.4 Å². The van der Waals surface area contributed by atoms with Gasteiger partial charge in [-0.3, -0.25) is 18.1 Å². The number of nitrogens with zero attached hydrogens (tertiary/aromatic N) is 4. The van der Waals surface area contributed by atoms with E-state index < -0.39 is 43.6 Å². The summed E-state index contributed by atoms with van der Waals surface area (Å²) in [5, 5.41) is 22.1. The van der Waals surface area contributed by atoms with Gasteiger partial charge in [-0.2, -0.15) is 0 Å². The fourth-order valence-corrected chi connectivity index (χ4v) is 6.78. The van der Waals surface area contributed by atoms with Crippen LogP contribution in [-0.2, 0) is 22.9 Å². The smallest absolute Gasteiger partial charge is 0.387 e. The number of aliphatic hydroxyl groups is 2. The lowest BCUT2D eigenvalue weighted by Gasteiger charge is -2.42. The van der Waals surface area contributed by atoms with E-state index in [0.717, 1.165) is 5.56 Å². The maximum absolute atomic E-state index is 13.8. The fraction of sp³-hybridized carbons (Fsp3) is 0.542. The highest BCUT2D eigenvalue weighted by molar-refractivity contribution is 7.48. The third-order valence-corrected chi connectivity index (χ3v) is 8.96. The summed E-state index contributed by atoms with van der Waals surface area (Å²) in [7, 11) is -4.06. The number of anilines is 1. The lowest BCUT2D eigenvalue weighted by molar-refractivity contribution is -0.0995. The van der Waals surface area contributed by atoms with Crippen molar-refractivity contribution in [2.45, 2.75) is 75.8 Å². The summed E-state index contributed by atoms with van der Waals surface area (Å²) in [4.78, 5) is 12.3. The molecule has 2 aromatic heterocycles. The van der Waals surface area contributed by atoms with Crippen LogP contribution in [0.4, 0.5) is 5.82 Å².